The van der Waals surface area contributed by atoms with Crippen molar-refractivity contribution in [2.24, 2.45) is 5.92 Å². The van der Waals surface area contributed by atoms with E-state index in [0.29, 0.717) is 23.4 Å². The highest BCUT2D eigenvalue weighted by Gasteiger charge is 2.29. The number of benzene rings is 2. The van der Waals surface area contributed by atoms with E-state index in [-0.39, 0.29) is 36.3 Å². The van der Waals surface area contributed by atoms with Crippen LogP contribution in [0.5, 0.6) is 5.75 Å². The van der Waals surface area contributed by atoms with Crippen LogP contribution in [0.15, 0.2) is 48.5 Å². The van der Waals surface area contributed by atoms with Crippen LogP contribution >= 0.6 is 0 Å². The maximum absolute atomic E-state index is 12.8. The number of para-hydroxylation sites is 1. The highest BCUT2D eigenvalue weighted by Crippen LogP contribution is 2.30. The van der Waals surface area contributed by atoms with E-state index in [1.165, 1.54) is 4.90 Å². The molecule has 1 unspecified atom stereocenters. The van der Waals surface area contributed by atoms with E-state index in [4.69, 9.17) is 4.74 Å². The number of rotatable bonds is 9. The van der Waals surface area contributed by atoms with Crippen molar-refractivity contribution in [3.05, 3.63) is 59.7 Å². The predicted molar refractivity (Wildman–Crippen MR) is 119 cm³/mol. The normalized spacial score (nSPS) is 13.8. The summed E-state index contributed by atoms with van der Waals surface area (Å²) in [7, 11) is 3.35. The molecule has 0 aliphatic heterocycles. The van der Waals surface area contributed by atoms with Crippen LogP contribution in [0.1, 0.15) is 48.1 Å². The number of anilines is 1. The van der Waals surface area contributed by atoms with E-state index >= 15 is 0 Å². The van der Waals surface area contributed by atoms with Crippen LogP contribution in [0.2, 0.25) is 0 Å². The van der Waals surface area contributed by atoms with Gasteiger partial charge in [0.25, 0.3) is 11.8 Å². The maximum Gasteiger partial charge on any atom is 0.259 e. The zero-order valence-electron chi connectivity index (χ0n) is 18.2. The molecule has 164 valence electrons. The van der Waals surface area contributed by atoms with Crippen LogP contribution in [0.3, 0.4) is 0 Å². The topological polar surface area (TPSA) is 87.7 Å². The average molecular weight is 424 g/mol. The molecule has 2 N–H and O–H groups in total. The summed E-state index contributed by atoms with van der Waals surface area (Å²) in [5.41, 5.74) is 2.01. The predicted octanol–water partition coefficient (Wildman–Crippen LogP) is 3.38. The molecular weight excluding hydrogens is 394 g/mol. The molecule has 1 fully saturated rings. The molecule has 0 radical (unpaired) electrons. The third-order valence-electron chi connectivity index (χ3n) is 5.22. The molecule has 3 rings (SSSR count). The minimum Gasteiger partial charge on any atom is -0.483 e. The van der Waals surface area contributed by atoms with Crippen molar-refractivity contribution in [3.63, 3.8) is 0 Å². The van der Waals surface area contributed by atoms with Crippen molar-refractivity contribution in [2.45, 2.75) is 32.2 Å². The maximum atomic E-state index is 12.8. The number of nitrogens with one attached hydrogen (secondary N) is 2. The number of nitrogens with zero attached hydrogens (tertiary/aromatic N) is 1. The minimum atomic E-state index is -0.271. The zero-order valence-corrected chi connectivity index (χ0v) is 18.2. The Morgan fingerprint density at radius 2 is 1.74 bits per heavy atom. The molecule has 7 nitrogen and oxygen atoms in total. The Balaban J connectivity index is 1.65. The molecule has 31 heavy (non-hydrogen) atoms. The first-order chi connectivity index (χ1) is 14.9. The third-order valence-corrected chi connectivity index (χ3v) is 5.22. The minimum absolute atomic E-state index is 0.0348. The van der Waals surface area contributed by atoms with Gasteiger partial charge in [-0.25, -0.2) is 0 Å². The SMILES string of the molecule is CCC(NC(=O)c1ccc(NC(=O)C2CC2)cc1)c1ccccc1OCC(=O)N(C)C. The van der Waals surface area contributed by atoms with Gasteiger partial charge < -0.3 is 20.3 Å². The van der Waals surface area contributed by atoms with Gasteiger partial charge in [0.05, 0.1) is 6.04 Å². The Labute approximate surface area is 182 Å². The van der Waals surface area contributed by atoms with Gasteiger partial charge in [0.2, 0.25) is 5.91 Å². The largest absolute Gasteiger partial charge is 0.483 e. The monoisotopic (exact) mass is 423 g/mol. The van der Waals surface area contributed by atoms with Crippen molar-refractivity contribution >= 4 is 23.4 Å². The van der Waals surface area contributed by atoms with Crippen LogP contribution < -0.4 is 15.4 Å². The van der Waals surface area contributed by atoms with Crippen LogP contribution in [-0.2, 0) is 9.59 Å². The molecular formula is C24H29N3O4. The number of hydrogen-bond donors (Lipinski definition) is 2. The van der Waals surface area contributed by atoms with Crippen molar-refractivity contribution in [2.75, 3.05) is 26.0 Å². The zero-order chi connectivity index (χ0) is 22.4. The summed E-state index contributed by atoms with van der Waals surface area (Å²) in [6.07, 6.45) is 2.54. The second-order valence-electron chi connectivity index (χ2n) is 7.89. The Morgan fingerprint density at radius 1 is 1.06 bits per heavy atom. The second-order valence-corrected chi connectivity index (χ2v) is 7.89. The number of amides is 3. The van der Waals surface area contributed by atoms with E-state index in [0.717, 1.165) is 18.4 Å². The fourth-order valence-electron chi connectivity index (χ4n) is 3.10. The van der Waals surface area contributed by atoms with E-state index < -0.39 is 0 Å². The molecule has 0 aromatic heterocycles. The van der Waals surface area contributed by atoms with Gasteiger partial charge in [-0.05, 0) is 49.6 Å². The van der Waals surface area contributed by atoms with Crippen molar-refractivity contribution in [1.82, 2.24) is 10.2 Å². The van der Waals surface area contributed by atoms with E-state index in [1.807, 2.05) is 25.1 Å². The fourth-order valence-corrected chi connectivity index (χ4v) is 3.10. The molecule has 0 spiro atoms. The van der Waals surface area contributed by atoms with Crippen molar-refractivity contribution < 1.29 is 19.1 Å². The quantitative estimate of drug-likeness (QED) is 0.647. The molecule has 2 aromatic rings. The highest BCUT2D eigenvalue weighted by atomic mass is 16.5. The standard InChI is InChI=1S/C24H29N3O4/c1-4-20(19-7-5-6-8-21(19)31-15-22(28)27(2)3)26-24(30)17-11-13-18(14-12-17)25-23(29)16-9-10-16/h5-8,11-14,16,20H,4,9-10,15H2,1-3H3,(H,25,29)(H,26,30). The van der Waals surface area contributed by atoms with E-state index in [1.54, 1.807) is 44.4 Å². The van der Waals surface area contributed by atoms with Gasteiger partial charge in [-0.15, -0.1) is 0 Å². The summed E-state index contributed by atoms with van der Waals surface area (Å²) >= 11 is 0. The third kappa shape index (κ3) is 6.07. The van der Waals surface area contributed by atoms with Gasteiger partial charge in [-0.2, -0.15) is 0 Å². The van der Waals surface area contributed by atoms with Gasteiger partial charge in [0, 0.05) is 36.8 Å². The Hall–Kier alpha value is -3.35. The van der Waals surface area contributed by atoms with Crippen LogP contribution in [0, 0.1) is 5.92 Å². The summed E-state index contributed by atoms with van der Waals surface area (Å²) in [5, 5.41) is 5.91. The van der Waals surface area contributed by atoms with Gasteiger partial charge in [0.1, 0.15) is 5.75 Å². The van der Waals surface area contributed by atoms with Gasteiger partial charge >= 0.3 is 0 Å². The number of carbonyl (C=O) groups is 3. The molecule has 0 saturated heterocycles. The van der Waals surface area contributed by atoms with Crippen molar-refractivity contribution in [3.8, 4) is 5.75 Å². The van der Waals surface area contributed by atoms with Crippen LogP contribution in [0.25, 0.3) is 0 Å². The second kappa shape index (κ2) is 10.1. The number of ether oxygens (including phenoxy) is 1. The van der Waals surface area contributed by atoms with Crippen LogP contribution in [0.4, 0.5) is 5.69 Å². The molecule has 2 aromatic carbocycles. The smallest absolute Gasteiger partial charge is 0.259 e. The lowest BCUT2D eigenvalue weighted by Crippen LogP contribution is -2.30. The molecule has 0 bridgehead atoms. The summed E-state index contributed by atoms with van der Waals surface area (Å²) in [4.78, 5) is 38.0. The first-order valence-corrected chi connectivity index (χ1v) is 10.5. The number of likely N-dealkylation sites (N-methyl/N-ethyl adjacent to an activating group) is 1. The molecule has 1 saturated carbocycles. The summed E-state index contributed by atoms with van der Waals surface area (Å²) in [6.45, 7) is 1.91. The van der Waals surface area contributed by atoms with Crippen LogP contribution in [-0.4, -0.2) is 43.3 Å². The molecule has 1 atom stereocenters. The average Bonchev–Trinajstić information content (AvgIpc) is 3.62. The molecule has 0 heterocycles. The highest BCUT2D eigenvalue weighted by molar-refractivity contribution is 5.97. The van der Waals surface area contributed by atoms with E-state index in [9.17, 15) is 14.4 Å². The Morgan fingerprint density at radius 3 is 2.35 bits per heavy atom. The number of carbonyl (C=O) groups excluding carboxylic acids is 3. The molecule has 3 amide bonds. The lowest BCUT2D eigenvalue weighted by atomic mass is 10.0. The first kappa shape index (κ1) is 22.3. The number of hydrogen-bond acceptors (Lipinski definition) is 4. The molecule has 1 aliphatic rings. The Kier molecular flexibility index (Phi) is 7.28. The van der Waals surface area contributed by atoms with Crippen molar-refractivity contribution in [1.29, 1.82) is 0 Å². The Bertz CT molecular complexity index is 936. The first-order valence-electron chi connectivity index (χ1n) is 10.5. The molecule has 1 aliphatic carbocycles. The summed E-state index contributed by atoms with van der Waals surface area (Å²) in [5.74, 6) is 0.381. The van der Waals surface area contributed by atoms with E-state index in [2.05, 4.69) is 10.6 Å². The lowest BCUT2D eigenvalue weighted by Gasteiger charge is -2.21. The van der Waals surface area contributed by atoms with Gasteiger partial charge in [-0.1, -0.05) is 25.1 Å². The lowest BCUT2D eigenvalue weighted by molar-refractivity contribution is -0.130. The van der Waals surface area contributed by atoms with Gasteiger partial charge in [-0.3, -0.25) is 14.4 Å². The molecule has 7 heteroatoms. The van der Waals surface area contributed by atoms with Gasteiger partial charge in [0.15, 0.2) is 6.61 Å². The summed E-state index contributed by atoms with van der Waals surface area (Å²) < 4.78 is 5.72. The summed E-state index contributed by atoms with van der Waals surface area (Å²) in [6, 6.07) is 14.0. The fraction of sp³-hybridized carbons (Fsp3) is 0.375.